The fraction of sp³-hybridized carbons (Fsp3) is 0.167. The molecule has 1 aromatic heterocycles. The zero-order valence-electron chi connectivity index (χ0n) is 13.7. The van der Waals surface area contributed by atoms with Crippen molar-refractivity contribution in [3.8, 4) is 0 Å². The van der Waals surface area contributed by atoms with Crippen LogP contribution in [0.25, 0.3) is 11.0 Å². The summed E-state index contributed by atoms with van der Waals surface area (Å²) in [5, 5.41) is 24.3. The van der Waals surface area contributed by atoms with E-state index in [0.717, 1.165) is 9.86 Å². The van der Waals surface area contributed by atoms with Gasteiger partial charge in [-0.3, -0.25) is 14.9 Å². The van der Waals surface area contributed by atoms with Gasteiger partial charge in [0.2, 0.25) is 0 Å². The first-order chi connectivity index (χ1) is 12.4. The number of nitro benzene ring substituents is 1. The molecular formula is C18H15BrN2O5. The van der Waals surface area contributed by atoms with Crippen molar-refractivity contribution in [2.75, 3.05) is 6.54 Å². The number of nitrogens with one attached hydrogen (secondary N) is 1. The molecule has 3 rings (SSSR count). The molecule has 3 aromatic rings. The van der Waals surface area contributed by atoms with Gasteiger partial charge in [0.1, 0.15) is 5.58 Å². The third kappa shape index (κ3) is 3.61. The van der Waals surface area contributed by atoms with Gasteiger partial charge in [-0.05, 0) is 42.8 Å². The van der Waals surface area contributed by atoms with Crippen LogP contribution < -0.4 is 5.32 Å². The summed E-state index contributed by atoms with van der Waals surface area (Å²) in [6.45, 7) is 1.75. The Labute approximate surface area is 156 Å². The van der Waals surface area contributed by atoms with Crippen molar-refractivity contribution in [3.63, 3.8) is 0 Å². The number of aliphatic hydroxyl groups excluding tert-OH is 1. The predicted molar refractivity (Wildman–Crippen MR) is 99.0 cm³/mol. The van der Waals surface area contributed by atoms with Gasteiger partial charge in [-0.1, -0.05) is 15.9 Å². The van der Waals surface area contributed by atoms with Crippen LogP contribution in [-0.4, -0.2) is 22.5 Å². The molecule has 1 heterocycles. The zero-order chi connectivity index (χ0) is 18.8. The molecule has 0 fully saturated rings. The van der Waals surface area contributed by atoms with Crippen LogP contribution in [0.3, 0.4) is 0 Å². The molecule has 8 heteroatoms. The van der Waals surface area contributed by atoms with Gasteiger partial charge >= 0.3 is 0 Å². The van der Waals surface area contributed by atoms with E-state index in [1.165, 1.54) is 24.3 Å². The number of fused-ring (bicyclic) bond motifs is 1. The van der Waals surface area contributed by atoms with Crippen LogP contribution in [0.15, 0.2) is 51.4 Å². The number of rotatable bonds is 5. The molecule has 0 unspecified atom stereocenters. The standard InChI is InChI=1S/C18H15BrN2O5/c1-10-14-8-12(19)4-7-16(14)26-17(10)18(23)20-9-15(22)11-2-5-13(6-3-11)21(24)25/h2-8,15,22H,9H2,1H3,(H,20,23)/t15-/m1/s1. The number of aliphatic hydroxyl groups is 1. The van der Waals surface area contributed by atoms with E-state index in [0.29, 0.717) is 16.7 Å². The van der Waals surface area contributed by atoms with Gasteiger partial charge in [-0.25, -0.2) is 0 Å². The van der Waals surface area contributed by atoms with Crippen LogP contribution in [0.1, 0.15) is 27.8 Å². The second kappa shape index (κ2) is 7.27. The smallest absolute Gasteiger partial charge is 0.287 e. The lowest BCUT2D eigenvalue weighted by atomic mass is 10.1. The van der Waals surface area contributed by atoms with E-state index < -0.39 is 16.9 Å². The highest BCUT2D eigenvalue weighted by Gasteiger charge is 2.19. The summed E-state index contributed by atoms with van der Waals surface area (Å²) in [5.41, 5.74) is 1.73. The molecule has 26 heavy (non-hydrogen) atoms. The molecule has 1 atom stereocenters. The molecule has 0 saturated carbocycles. The van der Waals surface area contributed by atoms with Crippen LogP contribution in [-0.2, 0) is 0 Å². The van der Waals surface area contributed by atoms with Gasteiger partial charge in [0.25, 0.3) is 11.6 Å². The third-order valence-corrected chi connectivity index (χ3v) is 4.54. The SMILES string of the molecule is Cc1c(C(=O)NC[C@@H](O)c2ccc([N+](=O)[O-])cc2)oc2ccc(Br)cc12. The van der Waals surface area contributed by atoms with Crippen LogP contribution >= 0.6 is 15.9 Å². The summed E-state index contributed by atoms with van der Waals surface area (Å²) in [6, 6.07) is 11.0. The van der Waals surface area contributed by atoms with E-state index in [-0.39, 0.29) is 18.0 Å². The molecule has 0 saturated heterocycles. The molecule has 0 aliphatic heterocycles. The summed E-state index contributed by atoms with van der Waals surface area (Å²) >= 11 is 3.39. The minimum atomic E-state index is -0.987. The summed E-state index contributed by atoms with van der Waals surface area (Å²) in [7, 11) is 0. The number of amides is 1. The van der Waals surface area contributed by atoms with Gasteiger partial charge in [0.05, 0.1) is 11.0 Å². The fourth-order valence-corrected chi connectivity index (χ4v) is 2.98. The number of carbonyl (C=O) groups is 1. The number of aryl methyl sites for hydroxylation is 1. The Morgan fingerprint density at radius 2 is 2.00 bits per heavy atom. The Hall–Kier alpha value is -2.71. The molecule has 2 N–H and O–H groups in total. The first-order valence-electron chi connectivity index (χ1n) is 7.76. The highest BCUT2D eigenvalue weighted by Crippen LogP contribution is 2.28. The molecule has 134 valence electrons. The van der Waals surface area contributed by atoms with Gasteiger partial charge in [0, 0.05) is 34.1 Å². The lowest BCUT2D eigenvalue weighted by molar-refractivity contribution is -0.384. The van der Waals surface area contributed by atoms with Crippen molar-refractivity contribution in [2.45, 2.75) is 13.0 Å². The number of furan rings is 1. The minimum absolute atomic E-state index is 0.0448. The number of non-ortho nitro benzene ring substituents is 1. The quantitative estimate of drug-likeness (QED) is 0.483. The third-order valence-electron chi connectivity index (χ3n) is 4.05. The molecule has 0 aliphatic carbocycles. The van der Waals surface area contributed by atoms with Gasteiger partial charge < -0.3 is 14.8 Å². The van der Waals surface area contributed by atoms with Gasteiger partial charge in [-0.2, -0.15) is 0 Å². The van der Waals surface area contributed by atoms with Gasteiger partial charge in [-0.15, -0.1) is 0 Å². The van der Waals surface area contributed by atoms with Crippen LogP contribution in [0.5, 0.6) is 0 Å². The van der Waals surface area contributed by atoms with Crippen LogP contribution in [0, 0.1) is 17.0 Å². The number of halogens is 1. The maximum atomic E-state index is 12.4. The van der Waals surface area contributed by atoms with Crippen LogP contribution in [0.2, 0.25) is 0 Å². The van der Waals surface area contributed by atoms with E-state index in [4.69, 9.17) is 4.42 Å². The molecular weight excluding hydrogens is 404 g/mol. The van der Waals surface area contributed by atoms with Crippen LogP contribution in [0.4, 0.5) is 5.69 Å². The topological polar surface area (TPSA) is 106 Å². The number of hydrogen-bond acceptors (Lipinski definition) is 5. The van der Waals surface area contributed by atoms with Crippen molar-refractivity contribution < 1.29 is 19.2 Å². The summed E-state index contributed by atoms with van der Waals surface area (Å²) in [4.78, 5) is 22.5. The summed E-state index contributed by atoms with van der Waals surface area (Å²) in [5.74, 6) is -0.246. The van der Waals surface area contributed by atoms with Crippen molar-refractivity contribution >= 4 is 38.5 Å². The molecule has 0 aliphatic rings. The molecule has 7 nitrogen and oxygen atoms in total. The average molecular weight is 419 g/mol. The first kappa shape index (κ1) is 18.1. The van der Waals surface area contributed by atoms with E-state index >= 15 is 0 Å². The maximum Gasteiger partial charge on any atom is 0.287 e. The summed E-state index contributed by atoms with van der Waals surface area (Å²) in [6.07, 6.45) is -0.987. The molecule has 0 radical (unpaired) electrons. The number of nitrogens with zero attached hydrogens (tertiary/aromatic N) is 1. The predicted octanol–water partition coefficient (Wildman–Crippen LogP) is 3.88. The number of nitro groups is 1. The van der Waals surface area contributed by atoms with E-state index in [9.17, 15) is 20.0 Å². The van der Waals surface area contributed by atoms with E-state index in [1.807, 2.05) is 12.1 Å². The molecule has 0 spiro atoms. The fourth-order valence-electron chi connectivity index (χ4n) is 2.62. The number of carbonyl (C=O) groups excluding carboxylic acids is 1. The average Bonchev–Trinajstić information content (AvgIpc) is 2.96. The number of benzene rings is 2. The second-order valence-corrected chi connectivity index (χ2v) is 6.69. The molecule has 1 amide bonds. The molecule has 0 bridgehead atoms. The van der Waals surface area contributed by atoms with E-state index in [2.05, 4.69) is 21.2 Å². The Balaban J connectivity index is 1.70. The normalized spacial score (nSPS) is 12.1. The Kier molecular flexibility index (Phi) is 5.06. The number of hydrogen-bond donors (Lipinski definition) is 2. The lowest BCUT2D eigenvalue weighted by Gasteiger charge is -2.11. The summed E-state index contributed by atoms with van der Waals surface area (Å²) < 4.78 is 6.49. The highest BCUT2D eigenvalue weighted by atomic mass is 79.9. The zero-order valence-corrected chi connectivity index (χ0v) is 15.3. The highest BCUT2D eigenvalue weighted by molar-refractivity contribution is 9.10. The largest absolute Gasteiger partial charge is 0.451 e. The van der Waals surface area contributed by atoms with Crippen molar-refractivity contribution in [3.05, 3.63) is 73.9 Å². The van der Waals surface area contributed by atoms with E-state index in [1.54, 1.807) is 13.0 Å². The van der Waals surface area contributed by atoms with Crippen molar-refractivity contribution in [1.29, 1.82) is 0 Å². The maximum absolute atomic E-state index is 12.4. The Morgan fingerprint density at radius 1 is 1.31 bits per heavy atom. The Morgan fingerprint density at radius 3 is 2.65 bits per heavy atom. The van der Waals surface area contributed by atoms with Gasteiger partial charge in [0.15, 0.2) is 5.76 Å². The minimum Gasteiger partial charge on any atom is -0.451 e. The second-order valence-electron chi connectivity index (χ2n) is 5.77. The first-order valence-corrected chi connectivity index (χ1v) is 8.55. The lowest BCUT2D eigenvalue weighted by Crippen LogP contribution is -2.28. The molecule has 2 aromatic carbocycles. The van der Waals surface area contributed by atoms with Crippen molar-refractivity contribution in [2.24, 2.45) is 0 Å². The Bertz CT molecular complexity index is 981. The van der Waals surface area contributed by atoms with Crippen molar-refractivity contribution in [1.82, 2.24) is 5.32 Å². The monoisotopic (exact) mass is 418 g/mol.